The van der Waals surface area contributed by atoms with Crippen LogP contribution in [0.5, 0.6) is 0 Å². The van der Waals surface area contributed by atoms with Gasteiger partial charge in [-0.05, 0) is 50.1 Å². The van der Waals surface area contributed by atoms with Crippen molar-refractivity contribution in [2.45, 2.75) is 31.3 Å². The second-order valence-electron chi connectivity index (χ2n) is 8.58. The molecule has 1 saturated carbocycles. The minimum atomic E-state index is -0.751. The number of aromatic nitrogens is 1. The highest BCUT2D eigenvalue weighted by Gasteiger charge is 2.49. The molecule has 3 aromatic rings. The number of hydrogen-bond acceptors (Lipinski definition) is 5. The van der Waals surface area contributed by atoms with Gasteiger partial charge in [0.2, 0.25) is 11.8 Å². The summed E-state index contributed by atoms with van der Waals surface area (Å²) in [4.78, 5) is 33.0. The first-order valence-electron chi connectivity index (χ1n) is 10.5. The van der Waals surface area contributed by atoms with Crippen molar-refractivity contribution in [1.82, 2.24) is 14.8 Å². The van der Waals surface area contributed by atoms with Crippen LogP contribution in [-0.4, -0.2) is 57.8 Å². The molecule has 1 aliphatic carbocycles. The monoisotopic (exact) mass is 440 g/mol. The summed E-state index contributed by atoms with van der Waals surface area (Å²) in [6, 6.07) is 7.87. The van der Waals surface area contributed by atoms with Crippen LogP contribution < -0.4 is 5.73 Å². The van der Waals surface area contributed by atoms with Gasteiger partial charge in [0.05, 0.1) is 11.1 Å². The Morgan fingerprint density at radius 3 is 2.62 bits per heavy atom. The Morgan fingerprint density at radius 2 is 1.94 bits per heavy atom. The fourth-order valence-corrected chi connectivity index (χ4v) is 4.09. The lowest BCUT2D eigenvalue weighted by atomic mass is 10.1. The average molecular weight is 440 g/mol. The standard InChI is InChI=1S/C23H22F2N4O3/c1-13-12-28(8-9-29(13)22(31)23(26)6-7-23)21(30)16-4-2-14(10-17(16)25)20-27-18-5-3-15(24)11-19(18)32-20/h2-5,10-11,13H,6-9,12,26H2,1H3/t13-/m0/s1. The molecule has 2 heterocycles. The van der Waals surface area contributed by atoms with Crippen LogP contribution in [0, 0.1) is 11.6 Å². The van der Waals surface area contributed by atoms with Gasteiger partial charge < -0.3 is 20.0 Å². The van der Waals surface area contributed by atoms with E-state index in [-0.39, 0.29) is 29.0 Å². The van der Waals surface area contributed by atoms with Crippen LogP contribution in [0.2, 0.25) is 0 Å². The van der Waals surface area contributed by atoms with E-state index >= 15 is 0 Å². The van der Waals surface area contributed by atoms with E-state index in [2.05, 4.69) is 4.98 Å². The van der Waals surface area contributed by atoms with Crippen molar-refractivity contribution < 1.29 is 22.8 Å². The number of carbonyl (C=O) groups excluding carboxylic acids is 2. The molecule has 166 valence electrons. The van der Waals surface area contributed by atoms with Gasteiger partial charge in [-0.2, -0.15) is 0 Å². The highest BCUT2D eigenvalue weighted by molar-refractivity contribution is 5.95. The minimum absolute atomic E-state index is 0.0691. The maximum Gasteiger partial charge on any atom is 0.256 e. The molecule has 2 amide bonds. The molecular weight excluding hydrogens is 418 g/mol. The molecule has 1 aliphatic heterocycles. The number of hydrogen-bond donors (Lipinski definition) is 1. The SMILES string of the molecule is C[C@H]1CN(C(=O)c2ccc(-c3nc4ccc(F)cc4o3)cc2F)CCN1C(=O)C1(N)CC1. The Hall–Kier alpha value is -3.33. The lowest BCUT2D eigenvalue weighted by Crippen LogP contribution is -2.59. The summed E-state index contributed by atoms with van der Waals surface area (Å²) in [7, 11) is 0. The molecule has 2 N–H and O–H groups in total. The third-order valence-electron chi connectivity index (χ3n) is 6.19. The van der Waals surface area contributed by atoms with Gasteiger partial charge in [-0.3, -0.25) is 9.59 Å². The van der Waals surface area contributed by atoms with Crippen molar-refractivity contribution in [3.63, 3.8) is 0 Å². The molecule has 32 heavy (non-hydrogen) atoms. The van der Waals surface area contributed by atoms with Crippen LogP contribution in [0.3, 0.4) is 0 Å². The molecule has 9 heteroatoms. The van der Waals surface area contributed by atoms with Crippen LogP contribution >= 0.6 is 0 Å². The molecule has 0 spiro atoms. The van der Waals surface area contributed by atoms with Crippen molar-refractivity contribution in [3.8, 4) is 11.5 Å². The van der Waals surface area contributed by atoms with Gasteiger partial charge in [0.15, 0.2) is 5.58 Å². The van der Waals surface area contributed by atoms with Crippen molar-refractivity contribution in [2.75, 3.05) is 19.6 Å². The summed E-state index contributed by atoms with van der Waals surface area (Å²) in [5.41, 5.74) is 6.26. The van der Waals surface area contributed by atoms with Gasteiger partial charge in [0.25, 0.3) is 5.91 Å². The number of amides is 2. The maximum absolute atomic E-state index is 14.9. The van der Waals surface area contributed by atoms with Crippen molar-refractivity contribution in [1.29, 1.82) is 0 Å². The predicted octanol–water partition coefficient (Wildman–Crippen LogP) is 2.94. The van der Waals surface area contributed by atoms with Crippen LogP contribution in [-0.2, 0) is 4.79 Å². The Bertz CT molecular complexity index is 1240. The Morgan fingerprint density at radius 1 is 1.16 bits per heavy atom. The molecule has 0 unspecified atom stereocenters. The van der Waals surface area contributed by atoms with Crippen LogP contribution in [0.4, 0.5) is 8.78 Å². The molecule has 1 aromatic heterocycles. The van der Waals surface area contributed by atoms with Gasteiger partial charge in [0.1, 0.15) is 17.2 Å². The average Bonchev–Trinajstić information content (AvgIpc) is 3.38. The van der Waals surface area contributed by atoms with Crippen LogP contribution in [0.1, 0.15) is 30.1 Å². The summed E-state index contributed by atoms with van der Waals surface area (Å²) in [5, 5.41) is 0. The van der Waals surface area contributed by atoms with E-state index in [4.69, 9.17) is 10.2 Å². The van der Waals surface area contributed by atoms with E-state index in [1.165, 1.54) is 30.3 Å². The molecule has 7 nitrogen and oxygen atoms in total. The fraction of sp³-hybridized carbons (Fsp3) is 0.348. The molecule has 2 fully saturated rings. The number of benzene rings is 2. The normalized spacial score (nSPS) is 19.9. The number of halogens is 2. The van der Waals surface area contributed by atoms with E-state index in [1.54, 1.807) is 15.9 Å². The molecular formula is C23H22F2N4O3. The van der Waals surface area contributed by atoms with Crippen molar-refractivity contribution in [2.24, 2.45) is 5.73 Å². The number of nitrogens with zero attached hydrogens (tertiary/aromatic N) is 3. The smallest absolute Gasteiger partial charge is 0.256 e. The largest absolute Gasteiger partial charge is 0.436 e. The molecule has 0 bridgehead atoms. The number of piperazine rings is 1. The van der Waals surface area contributed by atoms with Crippen molar-refractivity contribution in [3.05, 3.63) is 53.6 Å². The summed E-state index contributed by atoms with van der Waals surface area (Å²) < 4.78 is 33.8. The first-order valence-corrected chi connectivity index (χ1v) is 10.5. The Kier molecular flexibility index (Phi) is 4.74. The number of oxazole rings is 1. The summed E-state index contributed by atoms with van der Waals surface area (Å²) in [5.74, 6) is -1.54. The third kappa shape index (κ3) is 3.52. The number of rotatable bonds is 3. The third-order valence-corrected chi connectivity index (χ3v) is 6.19. The summed E-state index contributed by atoms with van der Waals surface area (Å²) in [6.07, 6.45) is 1.37. The van der Waals surface area contributed by atoms with E-state index in [1.807, 2.05) is 6.92 Å². The zero-order chi connectivity index (χ0) is 22.6. The molecule has 1 saturated heterocycles. The van der Waals surface area contributed by atoms with E-state index < -0.39 is 23.1 Å². The first kappa shape index (κ1) is 20.6. The fourth-order valence-electron chi connectivity index (χ4n) is 4.09. The quantitative estimate of drug-likeness (QED) is 0.676. The minimum Gasteiger partial charge on any atom is -0.436 e. The molecule has 0 radical (unpaired) electrons. The van der Waals surface area contributed by atoms with Gasteiger partial charge in [-0.1, -0.05) is 0 Å². The molecule has 1 atom stereocenters. The summed E-state index contributed by atoms with van der Waals surface area (Å²) in [6.45, 7) is 2.84. The van der Waals surface area contributed by atoms with Gasteiger partial charge >= 0.3 is 0 Å². The Balaban J connectivity index is 1.32. The molecule has 2 aliphatic rings. The number of nitrogens with two attached hydrogens (primary N) is 1. The van der Waals surface area contributed by atoms with Gasteiger partial charge in [-0.25, -0.2) is 13.8 Å². The number of carbonyl (C=O) groups is 2. The zero-order valence-electron chi connectivity index (χ0n) is 17.5. The van der Waals surface area contributed by atoms with Crippen molar-refractivity contribution >= 4 is 22.9 Å². The van der Waals surface area contributed by atoms with Gasteiger partial charge in [0, 0.05) is 37.3 Å². The molecule has 5 rings (SSSR count). The second kappa shape index (κ2) is 7.37. The highest BCUT2D eigenvalue weighted by atomic mass is 19.1. The van der Waals surface area contributed by atoms with Crippen LogP contribution in [0.25, 0.3) is 22.6 Å². The predicted molar refractivity (Wildman–Crippen MR) is 113 cm³/mol. The number of fused-ring (bicyclic) bond motifs is 1. The van der Waals surface area contributed by atoms with Gasteiger partial charge in [-0.15, -0.1) is 0 Å². The maximum atomic E-state index is 14.9. The highest BCUT2D eigenvalue weighted by Crippen LogP contribution is 2.35. The van der Waals surface area contributed by atoms with E-state index in [0.29, 0.717) is 43.6 Å². The Labute approximate surface area is 182 Å². The second-order valence-corrected chi connectivity index (χ2v) is 8.58. The first-order chi connectivity index (χ1) is 15.2. The lowest BCUT2D eigenvalue weighted by molar-refractivity contribution is -0.137. The topological polar surface area (TPSA) is 92.7 Å². The lowest BCUT2D eigenvalue weighted by Gasteiger charge is -2.41. The van der Waals surface area contributed by atoms with Crippen LogP contribution in [0.15, 0.2) is 40.8 Å². The van der Waals surface area contributed by atoms with E-state index in [0.717, 1.165) is 0 Å². The van der Waals surface area contributed by atoms with E-state index in [9.17, 15) is 18.4 Å². The molecule has 2 aromatic carbocycles. The summed E-state index contributed by atoms with van der Waals surface area (Å²) >= 11 is 0. The zero-order valence-corrected chi connectivity index (χ0v) is 17.5.